The van der Waals surface area contributed by atoms with Gasteiger partial charge in [0.15, 0.2) is 0 Å². The molecule has 1 nitrogen and oxygen atoms in total. The molecule has 0 fully saturated rings. The van der Waals surface area contributed by atoms with E-state index in [0.717, 1.165) is 5.92 Å². The average molecular weight is 189 g/mol. The summed E-state index contributed by atoms with van der Waals surface area (Å²) in [5.41, 5.74) is 4.08. The monoisotopic (exact) mass is 189 g/mol. The van der Waals surface area contributed by atoms with Crippen molar-refractivity contribution in [3.05, 3.63) is 29.1 Å². The minimum Gasteiger partial charge on any atom is -0.359 e. The van der Waals surface area contributed by atoms with Crippen LogP contribution in [0.4, 0.5) is 0 Å². The molecule has 0 saturated heterocycles. The zero-order valence-corrected chi connectivity index (χ0v) is 9.46. The summed E-state index contributed by atoms with van der Waals surface area (Å²) in [6.45, 7) is 9.07. The van der Waals surface area contributed by atoms with Crippen molar-refractivity contribution in [1.82, 2.24) is 4.98 Å². The summed E-state index contributed by atoms with van der Waals surface area (Å²) in [6, 6.07) is 2.29. The van der Waals surface area contributed by atoms with Gasteiger partial charge in [-0.2, -0.15) is 0 Å². The van der Waals surface area contributed by atoms with Crippen LogP contribution in [0.1, 0.15) is 43.6 Å². The third kappa shape index (κ3) is 1.41. The topological polar surface area (TPSA) is 15.8 Å². The van der Waals surface area contributed by atoms with Crippen molar-refractivity contribution in [1.29, 1.82) is 0 Å². The van der Waals surface area contributed by atoms with Crippen molar-refractivity contribution in [3.63, 3.8) is 0 Å². The normalized spacial score (nSPS) is 25.5. The molecule has 76 valence electrons. The van der Waals surface area contributed by atoms with Gasteiger partial charge >= 0.3 is 0 Å². The molecule has 1 N–H and O–H groups in total. The van der Waals surface area contributed by atoms with E-state index in [1.54, 1.807) is 0 Å². The van der Waals surface area contributed by atoms with E-state index in [1.165, 1.54) is 17.0 Å². The predicted octanol–water partition coefficient (Wildman–Crippen LogP) is 3.73. The van der Waals surface area contributed by atoms with Crippen LogP contribution in [0.5, 0.6) is 0 Å². The van der Waals surface area contributed by atoms with Gasteiger partial charge in [-0.1, -0.05) is 26.8 Å². The third-order valence-electron chi connectivity index (χ3n) is 3.34. The second-order valence-corrected chi connectivity index (χ2v) is 4.79. The fourth-order valence-electron chi connectivity index (χ4n) is 2.53. The number of H-pyrrole nitrogens is 1. The minimum absolute atomic E-state index is 0.653. The Morgan fingerprint density at radius 1 is 1.36 bits per heavy atom. The predicted molar refractivity (Wildman–Crippen MR) is 61.3 cm³/mol. The van der Waals surface area contributed by atoms with Crippen LogP contribution in [-0.4, -0.2) is 4.98 Å². The van der Waals surface area contributed by atoms with Crippen molar-refractivity contribution in [2.45, 2.75) is 33.6 Å². The Balaban J connectivity index is 2.38. The van der Waals surface area contributed by atoms with E-state index in [-0.39, 0.29) is 0 Å². The molecular formula is C13H19N. The van der Waals surface area contributed by atoms with Crippen molar-refractivity contribution in [2.75, 3.05) is 0 Å². The van der Waals surface area contributed by atoms with Gasteiger partial charge in [-0.25, -0.2) is 0 Å². The maximum Gasteiger partial charge on any atom is 0.0414 e. The molecule has 0 aliphatic heterocycles. The second-order valence-electron chi connectivity index (χ2n) is 4.79. The lowest BCUT2D eigenvalue weighted by molar-refractivity contribution is 0.403. The number of hydrogen-bond donors (Lipinski definition) is 1. The molecule has 0 saturated carbocycles. The molecule has 1 heteroatoms. The summed E-state index contributed by atoms with van der Waals surface area (Å²) >= 11 is 0. The highest BCUT2D eigenvalue weighted by Crippen LogP contribution is 2.37. The molecule has 1 aromatic heterocycles. The molecule has 1 aliphatic rings. The first kappa shape index (κ1) is 9.57. The Bertz CT molecular complexity index is 357. The lowest BCUT2D eigenvalue weighted by Crippen LogP contribution is -2.16. The summed E-state index contributed by atoms with van der Waals surface area (Å²) in [4.78, 5) is 3.40. The lowest BCUT2D eigenvalue weighted by Gasteiger charge is -2.27. The molecule has 1 heterocycles. The Morgan fingerprint density at radius 2 is 2.07 bits per heavy atom. The minimum atomic E-state index is 0.653. The maximum absolute atomic E-state index is 3.40. The summed E-state index contributed by atoms with van der Waals surface area (Å²) < 4.78 is 0. The highest BCUT2D eigenvalue weighted by Gasteiger charge is 2.25. The van der Waals surface area contributed by atoms with Crippen molar-refractivity contribution >= 4 is 6.08 Å². The third-order valence-corrected chi connectivity index (χ3v) is 3.34. The van der Waals surface area contributed by atoms with Crippen LogP contribution in [0.15, 0.2) is 12.1 Å². The number of aryl methyl sites for hydroxylation is 1. The molecule has 0 spiro atoms. The number of allylic oxidation sites excluding steroid dienone is 1. The second kappa shape index (κ2) is 3.30. The van der Waals surface area contributed by atoms with Crippen LogP contribution in [0.2, 0.25) is 0 Å². The fraction of sp³-hybridized carbons (Fsp3) is 0.538. The largest absolute Gasteiger partial charge is 0.359 e. The molecule has 1 aliphatic carbocycles. The van der Waals surface area contributed by atoms with Crippen LogP contribution in [0, 0.1) is 18.8 Å². The molecule has 2 rings (SSSR count). The summed E-state index contributed by atoms with van der Waals surface area (Å²) in [5, 5.41) is 0. The van der Waals surface area contributed by atoms with Gasteiger partial charge in [-0.15, -0.1) is 0 Å². The summed E-state index contributed by atoms with van der Waals surface area (Å²) in [7, 11) is 0. The van der Waals surface area contributed by atoms with Crippen LogP contribution < -0.4 is 0 Å². The smallest absolute Gasteiger partial charge is 0.0414 e. The van der Waals surface area contributed by atoms with E-state index in [0.29, 0.717) is 11.8 Å². The van der Waals surface area contributed by atoms with Gasteiger partial charge in [-0.05, 0) is 42.4 Å². The first-order valence-corrected chi connectivity index (χ1v) is 5.47. The molecule has 2 atom stereocenters. The van der Waals surface area contributed by atoms with Gasteiger partial charge < -0.3 is 4.98 Å². The van der Waals surface area contributed by atoms with Crippen molar-refractivity contribution < 1.29 is 0 Å². The van der Waals surface area contributed by atoms with Crippen molar-refractivity contribution in [3.8, 4) is 0 Å². The number of aromatic nitrogens is 1. The van der Waals surface area contributed by atoms with Crippen LogP contribution >= 0.6 is 0 Å². The molecule has 0 radical (unpaired) electrons. The van der Waals surface area contributed by atoms with Gasteiger partial charge in [0.25, 0.3) is 0 Å². The first-order chi connectivity index (χ1) is 6.59. The zero-order chi connectivity index (χ0) is 10.3. The quantitative estimate of drug-likeness (QED) is 0.693. The summed E-state index contributed by atoms with van der Waals surface area (Å²) in [5.74, 6) is 2.07. The average Bonchev–Trinajstić information content (AvgIpc) is 2.46. The molecule has 0 aromatic carbocycles. The molecule has 1 aromatic rings. The van der Waals surface area contributed by atoms with Gasteiger partial charge in [0.2, 0.25) is 0 Å². The number of fused-ring (bicyclic) bond motifs is 1. The van der Waals surface area contributed by atoms with Crippen molar-refractivity contribution in [2.24, 2.45) is 11.8 Å². The highest BCUT2D eigenvalue weighted by atomic mass is 14.7. The fourth-order valence-corrected chi connectivity index (χ4v) is 2.53. The van der Waals surface area contributed by atoms with E-state index in [2.05, 4.69) is 50.9 Å². The molecule has 14 heavy (non-hydrogen) atoms. The summed E-state index contributed by atoms with van der Waals surface area (Å²) in [6.07, 6.45) is 4.60. The standard InChI is InChI=1S/C13H19N/c1-8(2)11-5-6-13-12(10(11)4)7-9(3)14-13/h5-8,10-11,14H,1-4H3. The SMILES string of the molecule is Cc1cc2c([nH]1)C=CC(C(C)C)C2C. The van der Waals surface area contributed by atoms with Gasteiger partial charge in [0.05, 0.1) is 0 Å². The Kier molecular flexibility index (Phi) is 2.26. The maximum atomic E-state index is 3.40. The van der Waals surface area contributed by atoms with Gasteiger partial charge in [0, 0.05) is 11.4 Å². The molecule has 2 unspecified atom stereocenters. The highest BCUT2D eigenvalue weighted by molar-refractivity contribution is 5.56. The van der Waals surface area contributed by atoms with E-state index in [1.807, 2.05) is 0 Å². The molecule has 0 amide bonds. The first-order valence-electron chi connectivity index (χ1n) is 5.47. The lowest BCUT2D eigenvalue weighted by atomic mass is 9.77. The number of rotatable bonds is 1. The van der Waals surface area contributed by atoms with Gasteiger partial charge in [-0.3, -0.25) is 0 Å². The van der Waals surface area contributed by atoms with E-state index in [4.69, 9.17) is 0 Å². The Hall–Kier alpha value is -0.980. The Labute approximate surface area is 86.2 Å². The number of hydrogen-bond acceptors (Lipinski definition) is 0. The number of nitrogens with one attached hydrogen (secondary N) is 1. The number of aromatic amines is 1. The molecule has 0 bridgehead atoms. The Morgan fingerprint density at radius 3 is 2.71 bits per heavy atom. The van der Waals surface area contributed by atoms with Gasteiger partial charge in [0.1, 0.15) is 0 Å². The van der Waals surface area contributed by atoms with E-state index in [9.17, 15) is 0 Å². The van der Waals surface area contributed by atoms with E-state index < -0.39 is 0 Å². The van der Waals surface area contributed by atoms with Crippen LogP contribution in [0.3, 0.4) is 0 Å². The van der Waals surface area contributed by atoms with E-state index >= 15 is 0 Å². The molecular weight excluding hydrogens is 170 g/mol. The van der Waals surface area contributed by atoms with Crippen LogP contribution in [-0.2, 0) is 0 Å². The zero-order valence-electron chi connectivity index (χ0n) is 9.46. The van der Waals surface area contributed by atoms with Crippen LogP contribution in [0.25, 0.3) is 6.08 Å².